The van der Waals surface area contributed by atoms with Crippen molar-refractivity contribution in [1.29, 1.82) is 0 Å². The predicted octanol–water partition coefficient (Wildman–Crippen LogP) is -1.27. The Bertz CT molecular complexity index is 696. The molecule has 108 valence electrons. The molecule has 0 radical (unpaired) electrons. The van der Waals surface area contributed by atoms with Crippen LogP contribution in [0, 0.1) is 0 Å². The van der Waals surface area contributed by atoms with Gasteiger partial charge in [0.15, 0.2) is 17.4 Å². The summed E-state index contributed by atoms with van der Waals surface area (Å²) in [7, 11) is 0. The number of anilines is 1. The van der Waals surface area contributed by atoms with E-state index < -0.39 is 30.1 Å². The zero-order valence-corrected chi connectivity index (χ0v) is 10.7. The third-order valence-corrected chi connectivity index (χ3v) is 3.46. The zero-order chi connectivity index (χ0) is 14.4. The highest BCUT2D eigenvalue weighted by atomic mass is 16.6. The number of H-pyrrole nitrogens is 1. The number of nitrogens with one attached hydrogen (secondary N) is 1. The Kier molecular flexibility index (Phi) is 2.96. The summed E-state index contributed by atoms with van der Waals surface area (Å²) < 4.78 is 7.00. The maximum absolute atomic E-state index is 11.7. The molecular formula is C11H15N5O4. The topological polar surface area (TPSA) is 139 Å². The van der Waals surface area contributed by atoms with E-state index >= 15 is 0 Å². The molecule has 0 aliphatic carbocycles. The van der Waals surface area contributed by atoms with Gasteiger partial charge in [0.1, 0.15) is 12.2 Å². The van der Waals surface area contributed by atoms with Crippen molar-refractivity contribution in [2.45, 2.75) is 37.9 Å². The molecule has 2 aromatic rings. The fourth-order valence-corrected chi connectivity index (χ4v) is 2.43. The first kappa shape index (κ1) is 13.0. The number of aliphatic hydroxyl groups excluding tert-OH is 2. The number of rotatable bonds is 2. The van der Waals surface area contributed by atoms with Gasteiger partial charge in [0.2, 0.25) is 5.95 Å². The van der Waals surface area contributed by atoms with Crippen LogP contribution in [-0.2, 0) is 4.74 Å². The molecule has 3 rings (SSSR count). The Hall–Kier alpha value is -1.97. The summed E-state index contributed by atoms with van der Waals surface area (Å²) in [4.78, 5) is 22.0. The molecule has 9 heteroatoms. The lowest BCUT2D eigenvalue weighted by Crippen LogP contribution is -2.31. The van der Waals surface area contributed by atoms with E-state index in [1.807, 2.05) is 6.92 Å². The minimum Gasteiger partial charge on any atom is -0.388 e. The van der Waals surface area contributed by atoms with E-state index in [1.54, 1.807) is 0 Å². The van der Waals surface area contributed by atoms with Crippen LogP contribution in [0.2, 0.25) is 0 Å². The second-order valence-corrected chi connectivity index (χ2v) is 4.73. The number of imidazole rings is 1. The Balaban J connectivity index is 2.09. The molecule has 0 spiro atoms. The summed E-state index contributed by atoms with van der Waals surface area (Å²) in [5.41, 5.74) is 5.35. The van der Waals surface area contributed by atoms with Crippen LogP contribution in [-0.4, -0.2) is 48.0 Å². The van der Waals surface area contributed by atoms with Gasteiger partial charge in [-0.2, -0.15) is 4.98 Å². The lowest BCUT2D eigenvalue weighted by molar-refractivity contribution is -0.0355. The van der Waals surface area contributed by atoms with Crippen LogP contribution < -0.4 is 11.3 Å². The molecule has 1 aliphatic heterocycles. The highest BCUT2D eigenvalue weighted by Gasteiger charge is 2.43. The van der Waals surface area contributed by atoms with E-state index in [4.69, 9.17) is 10.5 Å². The van der Waals surface area contributed by atoms with Crippen LogP contribution in [0.3, 0.4) is 0 Å². The highest BCUT2D eigenvalue weighted by Crippen LogP contribution is 2.32. The van der Waals surface area contributed by atoms with Gasteiger partial charge in [-0.05, 0) is 6.42 Å². The van der Waals surface area contributed by atoms with Gasteiger partial charge < -0.3 is 20.7 Å². The number of nitrogen functional groups attached to an aromatic ring is 1. The summed E-state index contributed by atoms with van der Waals surface area (Å²) in [5.74, 6) is -0.0515. The minimum absolute atomic E-state index is 0.0515. The van der Waals surface area contributed by atoms with Crippen LogP contribution >= 0.6 is 0 Å². The molecule has 0 saturated carbocycles. The average molecular weight is 281 g/mol. The smallest absolute Gasteiger partial charge is 0.280 e. The molecule has 2 aromatic heterocycles. The van der Waals surface area contributed by atoms with Crippen molar-refractivity contribution >= 4 is 17.1 Å². The molecular weight excluding hydrogens is 266 g/mol. The summed E-state index contributed by atoms with van der Waals surface area (Å²) in [6.07, 6.45) is -1.57. The van der Waals surface area contributed by atoms with Crippen molar-refractivity contribution in [2.75, 3.05) is 5.73 Å². The molecule has 1 fully saturated rings. The number of nitrogens with two attached hydrogens (primary N) is 1. The Morgan fingerprint density at radius 1 is 1.50 bits per heavy atom. The van der Waals surface area contributed by atoms with Gasteiger partial charge in [0.05, 0.1) is 12.4 Å². The number of nitrogens with zero attached hydrogens (tertiary/aromatic N) is 3. The number of fused-ring (bicyclic) bond motifs is 1. The number of ether oxygens (including phenoxy) is 1. The van der Waals surface area contributed by atoms with Crippen LogP contribution in [0.25, 0.3) is 11.2 Å². The van der Waals surface area contributed by atoms with Crippen LogP contribution in [0.4, 0.5) is 5.95 Å². The lowest BCUT2D eigenvalue weighted by atomic mass is 10.1. The van der Waals surface area contributed by atoms with Crippen molar-refractivity contribution in [3.8, 4) is 0 Å². The maximum Gasteiger partial charge on any atom is 0.280 e. The fourth-order valence-electron chi connectivity index (χ4n) is 2.43. The summed E-state index contributed by atoms with van der Waals surface area (Å²) in [5, 5.41) is 19.9. The zero-order valence-electron chi connectivity index (χ0n) is 10.7. The van der Waals surface area contributed by atoms with Crippen LogP contribution in [0.5, 0.6) is 0 Å². The molecule has 20 heavy (non-hydrogen) atoms. The summed E-state index contributed by atoms with van der Waals surface area (Å²) >= 11 is 0. The molecule has 0 aromatic carbocycles. The highest BCUT2D eigenvalue weighted by molar-refractivity contribution is 5.70. The van der Waals surface area contributed by atoms with E-state index in [2.05, 4.69) is 15.0 Å². The molecule has 5 N–H and O–H groups in total. The predicted molar refractivity (Wildman–Crippen MR) is 68.8 cm³/mol. The first-order valence-electron chi connectivity index (χ1n) is 6.26. The van der Waals surface area contributed by atoms with E-state index in [-0.39, 0.29) is 17.1 Å². The number of hydrogen-bond donors (Lipinski definition) is 4. The second kappa shape index (κ2) is 4.54. The Morgan fingerprint density at radius 2 is 2.25 bits per heavy atom. The van der Waals surface area contributed by atoms with E-state index in [1.165, 1.54) is 10.9 Å². The standard InChI is InChI=1S/C11H15N5O4/c1-2-4-6(17)7(18)10(20-4)16-3-13-5-8(16)14-11(12)15-9(5)19/h3-4,6-7,10,17-18H,2H2,1H3,(H3,12,14,15,19)/t4-,6+,7-,10-/m1/s1. The SMILES string of the molecule is CC[C@H]1O[C@@H](n2cnc3c(=O)[nH]c(N)nc32)[C@H](O)[C@H]1O. The van der Waals surface area contributed by atoms with Gasteiger partial charge in [-0.15, -0.1) is 0 Å². The molecule has 4 atom stereocenters. The van der Waals surface area contributed by atoms with Gasteiger partial charge in [-0.25, -0.2) is 4.98 Å². The average Bonchev–Trinajstić information content (AvgIpc) is 2.93. The third kappa shape index (κ3) is 1.79. The van der Waals surface area contributed by atoms with Crippen LogP contribution in [0.15, 0.2) is 11.1 Å². The molecule has 1 saturated heterocycles. The maximum atomic E-state index is 11.7. The Morgan fingerprint density at radius 3 is 2.90 bits per heavy atom. The van der Waals surface area contributed by atoms with E-state index in [9.17, 15) is 15.0 Å². The first-order valence-corrected chi connectivity index (χ1v) is 6.26. The Labute approximate surface area is 113 Å². The minimum atomic E-state index is -1.13. The van der Waals surface area contributed by atoms with Gasteiger partial charge in [0, 0.05) is 0 Å². The number of aromatic nitrogens is 4. The number of aromatic amines is 1. The first-order chi connectivity index (χ1) is 9.52. The molecule has 1 aliphatic rings. The van der Waals surface area contributed by atoms with Gasteiger partial charge in [0.25, 0.3) is 5.56 Å². The molecule has 9 nitrogen and oxygen atoms in total. The van der Waals surface area contributed by atoms with E-state index in [0.717, 1.165) is 0 Å². The molecule has 0 bridgehead atoms. The fraction of sp³-hybridized carbons (Fsp3) is 0.545. The van der Waals surface area contributed by atoms with Gasteiger partial charge in [-0.1, -0.05) is 6.92 Å². The lowest BCUT2D eigenvalue weighted by Gasteiger charge is -2.16. The van der Waals surface area contributed by atoms with Crippen molar-refractivity contribution in [3.63, 3.8) is 0 Å². The number of hydrogen-bond acceptors (Lipinski definition) is 7. The summed E-state index contributed by atoms with van der Waals surface area (Å²) in [6.45, 7) is 1.84. The van der Waals surface area contributed by atoms with Crippen LogP contribution in [0.1, 0.15) is 19.6 Å². The molecule has 3 heterocycles. The summed E-state index contributed by atoms with van der Waals surface area (Å²) in [6, 6.07) is 0. The van der Waals surface area contributed by atoms with E-state index in [0.29, 0.717) is 6.42 Å². The van der Waals surface area contributed by atoms with Crippen molar-refractivity contribution in [1.82, 2.24) is 19.5 Å². The van der Waals surface area contributed by atoms with Crippen molar-refractivity contribution in [2.24, 2.45) is 0 Å². The number of aliphatic hydroxyl groups is 2. The molecule has 0 unspecified atom stereocenters. The normalized spacial score (nSPS) is 30.1. The van der Waals surface area contributed by atoms with Crippen molar-refractivity contribution < 1.29 is 14.9 Å². The van der Waals surface area contributed by atoms with Gasteiger partial charge >= 0.3 is 0 Å². The quantitative estimate of drug-likeness (QED) is 0.538. The second-order valence-electron chi connectivity index (χ2n) is 4.73. The third-order valence-electron chi connectivity index (χ3n) is 3.46. The van der Waals surface area contributed by atoms with Crippen molar-refractivity contribution in [3.05, 3.63) is 16.7 Å². The largest absolute Gasteiger partial charge is 0.388 e. The monoisotopic (exact) mass is 281 g/mol. The van der Waals surface area contributed by atoms with Gasteiger partial charge in [-0.3, -0.25) is 14.3 Å². The molecule has 0 amide bonds.